The number of methoxy groups -OCH3 is 2. The Bertz CT molecular complexity index is 498. The maximum absolute atomic E-state index is 11.5. The molecule has 1 atom stereocenters. The van der Waals surface area contributed by atoms with Crippen LogP contribution in [0.2, 0.25) is 0 Å². The number of hydrogen-bond donors (Lipinski definition) is 0. The van der Waals surface area contributed by atoms with Gasteiger partial charge in [0.1, 0.15) is 11.8 Å². The number of nitriles is 1. The number of carbonyl (C=O) groups excluding carboxylic acids is 2. The van der Waals surface area contributed by atoms with Gasteiger partial charge in [-0.05, 0) is 25.1 Å². The molecule has 0 saturated heterocycles. The summed E-state index contributed by atoms with van der Waals surface area (Å²) < 4.78 is 14.4. The summed E-state index contributed by atoms with van der Waals surface area (Å²) in [6.45, 7) is 1.54. The smallest absolute Gasteiger partial charge is 0.338 e. The minimum atomic E-state index is -0.710. The van der Waals surface area contributed by atoms with Gasteiger partial charge in [0.05, 0.1) is 25.3 Å². The molecule has 0 aliphatic rings. The molecule has 1 aromatic carbocycles. The monoisotopic (exact) mass is 263 g/mol. The molecule has 0 amide bonds. The quantitative estimate of drug-likeness (QED) is 0.766. The Morgan fingerprint density at radius 3 is 1.95 bits per heavy atom. The molecule has 0 bridgehead atoms. The first-order valence-electron chi connectivity index (χ1n) is 5.39. The predicted molar refractivity (Wildman–Crippen MR) is 64.8 cm³/mol. The van der Waals surface area contributed by atoms with Crippen molar-refractivity contribution in [1.82, 2.24) is 0 Å². The second kappa shape index (κ2) is 6.40. The molecule has 0 saturated carbocycles. The Kier molecular flexibility index (Phi) is 4.89. The average Bonchev–Trinajstić information content (AvgIpc) is 2.44. The molecule has 0 aromatic heterocycles. The van der Waals surface area contributed by atoms with E-state index in [1.54, 1.807) is 6.92 Å². The van der Waals surface area contributed by atoms with Crippen LogP contribution in [-0.4, -0.2) is 32.3 Å². The minimum absolute atomic E-state index is 0.144. The van der Waals surface area contributed by atoms with Gasteiger partial charge >= 0.3 is 11.9 Å². The summed E-state index contributed by atoms with van der Waals surface area (Å²) in [6.07, 6.45) is -0.710. The highest BCUT2D eigenvalue weighted by Gasteiger charge is 2.15. The van der Waals surface area contributed by atoms with Crippen LogP contribution in [0.15, 0.2) is 18.2 Å². The molecular weight excluding hydrogens is 250 g/mol. The van der Waals surface area contributed by atoms with Crippen molar-refractivity contribution in [3.8, 4) is 11.8 Å². The van der Waals surface area contributed by atoms with Crippen LogP contribution in [0, 0.1) is 11.3 Å². The van der Waals surface area contributed by atoms with Crippen LogP contribution in [0.1, 0.15) is 27.6 Å². The van der Waals surface area contributed by atoms with Crippen molar-refractivity contribution < 1.29 is 23.8 Å². The van der Waals surface area contributed by atoms with Crippen LogP contribution in [-0.2, 0) is 9.47 Å². The first kappa shape index (κ1) is 14.5. The molecule has 0 heterocycles. The van der Waals surface area contributed by atoms with E-state index in [9.17, 15) is 9.59 Å². The second-order valence-corrected chi connectivity index (χ2v) is 3.62. The van der Waals surface area contributed by atoms with E-state index in [4.69, 9.17) is 10.00 Å². The Morgan fingerprint density at radius 1 is 1.11 bits per heavy atom. The molecule has 0 radical (unpaired) electrons. The van der Waals surface area contributed by atoms with Crippen molar-refractivity contribution in [2.45, 2.75) is 13.0 Å². The highest BCUT2D eigenvalue weighted by molar-refractivity contribution is 5.96. The lowest BCUT2D eigenvalue weighted by molar-refractivity contribution is 0.0598. The number of benzene rings is 1. The molecule has 0 aliphatic heterocycles. The van der Waals surface area contributed by atoms with E-state index in [1.807, 2.05) is 6.07 Å². The third-order valence-corrected chi connectivity index (χ3v) is 2.24. The summed E-state index contributed by atoms with van der Waals surface area (Å²) in [5.41, 5.74) is 0.288. The van der Waals surface area contributed by atoms with Crippen molar-refractivity contribution in [3.05, 3.63) is 29.3 Å². The van der Waals surface area contributed by atoms with Crippen LogP contribution < -0.4 is 4.74 Å². The summed E-state index contributed by atoms with van der Waals surface area (Å²) in [4.78, 5) is 23.0. The third-order valence-electron chi connectivity index (χ3n) is 2.24. The standard InChI is InChI=1S/C13H13NO5/c1-8(7-14)19-11-5-9(12(15)17-2)4-10(6-11)13(16)18-3/h4-6,8H,1-3H3/t8-/m1/s1. The topological polar surface area (TPSA) is 85.6 Å². The molecule has 0 unspecified atom stereocenters. The summed E-state index contributed by atoms with van der Waals surface area (Å²) in [5, 5.41) is 8.69. The lowest BCUT2D eigenvalue weighted by Crippen LogP contribution is -2.11. The number of hydrogen-bond acceptors (Lipinski definition) is 6. The second-order valence-electron chi connectivity index (χ2n) is 3.62. The lowest BCUT2D eigenvalue weighted by atomic mass is 10.1. The van der Waals surface area contributed by atoms with Crippen LogP contribution in [0.5, 0.6) is 5.75 Å². The highest BCUT2D eigenvalue weighted by Crippen LogP contribution is 2.20. The van der Waals surface area contributed by atoms with Crippen LogP contribution >= 0.6 is 0 Å². The summed E-state index contributed by atoms with van der Waals surface area (Å²) >= 11 is 0. The molecule has 0 spiro atoms. The number of esters is 2. The largest absolute Gasteiger partial charge is 0.476 e. The van der Waals surface area contributed by atoms with Gasteiger partial charge in [-0.25, -0.2) is 9.59 Å². The SMILES string of the molecule is COC(=O)c1cc(O[C@H](C)C#N)cc(C(=O)OC)c1. The minimum Gasteiger partial charge on any atom is -0.476 e. The van der Waals surface area contributed by atoms with E-state index >= 15 is 0 Å². The maximum atomic E-state index is 11.5. The molecule has 0 N–H and O–H groups in total. The molecule has 6 heteroatoms. The van der Waals surface area contributed by atoms with Gasteiger partial charge in [0.2, 0.25) is 0 Å². The van der Waals surface area contributed by atoms with Crippen LogP contribution in [0.3, 0.4) is 0 Å². The molecule has 1 rings (SSSR count). The Balaban J connectivity index is 3.20. The zero-order chi connectivity index (χ0) is 14.4. The van der Waals surface area contributed by atoms with Gasteiger partial charge in [0.15, 0.2) is 6.10 Å². The molecule has 1 aromatic rings. The Morgan fingerprint density at radius 2 is 1.58 bits per heavy atom. The number of ether oxygens (including phenoxy) is 3. The van der Waals surface area contributed by atoms with Crippen molar-refractivity contribution in [2.24, 2.45) is 0 Å². The number of nitrogens with zero attached hydrogens (tertiary/aromatic N) is 1. The van der Waals surface area contributed by atoms with Gasteiger partial charge in [0.25, 0.3) is 0 Å². The van der Waals surface area contributed by atoms with Crippen LogP contribution in [0.25, 0.3) is 0 Å². The van der Waals surface area contributed by atoms with E-state index in [2.05, 4.69) is 9.47 Å². The highest BCUT2D eigenvalue weighted by atomic mass is 16.5. The first-order chi connectivity index (χ1) is 9.01. The molecule has 0 fully saturated rings. The normalized spacial score (nSPS) is 11.1. The maximum Gasteiger partial charge on any atom is 0.338 e. The summed E-state index contributed by atoms with van der Waals surface area (Å²) in [7, 11) is 2.46. The van der Waals surface area contributed by atoms with Crippen molar-refractivity contribution in [1.29, 1.82) is 5.26 Å². The Hall–Kier alpha value is -2.55. The lowest BCUT2D eigenvalue weighted by Gasteiger charge is -2.10. The molecule has 6 nitrogen and oxygen atoms in total. The summed E-state index contributed by atoms with van der Waals surface area (Å²) in [6, 6.07) is 6.01. The van der Waals surface area contributed by atoms with E-state index in [0.717, 1.165) is 0 Å². The number of carbonyl (C=O) groups is 2. The van der Waals surface area contributed by atoms with Crippen molar-refractivity contribution in [3.63, 3.8) is 0 Å². The van der Waals surface area contributed by atoms with Gasteiger partial charge in [0, 0.05) is 0 Å². The van der Waals surface area contributed by atoms with Crippen molar-refractivity contribution in [2.75, 3.05) is 14.2 Å². The van der Waals surface area contributed by atoms with Crippen molar-refractivity contribution >= 4 is 11.9 Å². The van der Waals surface area contributed by atoms with Gasteiger partial charge in [-0.2, -0.15) is 5.26 Å². The fraction of sp³-hybridized carbons (Fsp3) is 0.308. The number of rotatable bonds is 4. The Labute approximate surface area is 110 Å². The molecule has 19 heavy (non-hydrogen) atoms. The first-order valence-corrected chi connectivity index (χ1v) is 5.39. The third kappa shape index (κ3) is 3.71. The molecule has 0 aliphatic carbocycles. The van der Waals surface area contributed by atoms with Gasteiger partial charge in [-0.1, -0.05) is 0 Å². The molecular formula is C13H13NO5. The predicted octanol–water partition coefficient (Wildman–Crippen LogP) is 1.55. The van der Waals surface area contributed by atoms with Crippen LogP contribution in [0.4, 0.5) is 0 Å². The molecule has 100 valence electrons. The zero-order valence-corrected chi connectivity index (χ0v) is 10.8. The van der Waals surface area contributed by atoms with E-state index in [0.29, 0.717) is 0 Å². The zero-order valence-electron chi connectivity index (χ0n) is 10.8. The summed E-state index contributed by atoms with van der Waals surface area (Å²) in [5.74, 6) is -1.00. The van der Waals surface area contributed by atoms with E-state index in [1.165, 1.54) is 32.4 Å². The van der Waals surface area contributed by atoms with Gasteiger partial charge in [-0.15, -0.1) is 0 Å². The van der Waals surface area contributed by atoms with E-state index < -0.39 is 18.0 Å². The van der Waals surface area contributed by atoms with Gasteiger partial charge < -0.3 is 14.2 Å². The average molecular weight is 263 g/mol. The fourth-order valence-corrected chi connectivity index (χ4v) is 1.37. The fourth-order valence-electron chi connectivity index (χ4n) is 1.37. The van der Waals surface area contributed by atoms with Gasteiger partial charge in [-0.3, -0.25) is 0 Å². The van der Waals surface area contributed by atoms with E-state index in [-0.39, 0.29) is 16.9 Å².